The van der Waals surface area contributed by atoms with Gasteiger partial charge in [-0.1, -0.05) is 6.07 Å². The summed E-state index contributed by atoms with van der Waals surface area (Å²) in [6.07, 6.45) is 3.03. The number of carboxylic acids is 1. The van der Waals surface area contributed by atoms with Crippen molar-refractivity contribution in [2.24, 2.45) is 0 Å². The predicted octanol–water partition coefficient (Wildman–Crippen LogP) is 1.77. The molecule has 31 heavy (non-hydrogen) atoms. The van der Waals surface area contributed by atoms with E-state index >= 15 is 0 Å². The quantitative estimate of drug-likeness (QED) is 0.660. The van der Waals surface area contributed by atoms with Gasteiger partial charge in [0.2, 0.25) is 0 Å². The lowest BCUT2D eigenvalue weighted by atomic mass is 9.50. The summed E-state index contributed by atoms with van der Waals surface area (Å²) in [5.41, 5.74) is 0.353. The summed E-state index contributed by atoms with van der Waals surface area (Å²) in [6, 6.07) is 3.87. The first kappa shape index (κ1) is 20.3. The van der Waals surface area contributed by atoms with Gasteiger partial charge in [-0.05, 0) is 50.6 Å². The molecule has 1 saturated heterocycles. The number of hydrogen-bond acceptors (Lipinski definition) is 7. The second-order valence-electron chi connectivity index (χ2n) is 9.01. The molecule has 1 aromatic rings. The monoisotopic (exact) mass is 429 g/mol. The fraction of sp³-hybridized carbons (Fsp3) is 0.565. The predicted molar refractivity (Wildman–Crippen MR) is 109 cm³/mol. The number of ether oxygens (including phenoxy) is 3. The molecule has 166 valence electrons. The molecule has 2 aliphatic heterocycles. The number of methoxy groups -OCH3 is 1. The molecule has 2 heterocycles. The highest BCUT2D eigenvalue weighted by Crippen LogP contribution is 2.65. The van der Waals surface area contributed by atoms with E-state index in [4.69, 9.17) is 19.3 Å². The van der Waals surface area contributed by atoms with Crippen LogP contribution >= 0.6 is 0 Å². The first-order valence-electron chi connectivity index (χ1n) is 10.7. The number of piperidine rings is 1. The average molecular weight is 429 g/mol. The van der Waals surface area contributed by atoms with Crippen LogP contribution in [-0.4, -0.2) is 65.5 Å². The van der Waals surface area contributed by atoms with E-state index < -0.39 is 29.1 Å². The number of likely N-dealkylation sites (N-methyl/N-ethyl adjacent to an activating group) is 1. The maximum Gasteiger partial charge on any atom is 0.310 e. The van der Waals surface area contributed by atoms with E-state index in [1.54, 1.807) is 13.2 Å². The fourth-order valence-corrected chi connectivity index (χ4v) is 6.15. The smallest absolute Gasteiger partial charge is 0.310 e. The zero-order valence-corrected chi connectivity index (χ0v) is 17.7. The van der Waals surface area contributed by atoms with Gasteiger partial charge in [-0.15, -0.1) is 0 Å². The molecule has 1 aromatic carbocycles. The Bertz CT molecular complexity index is 988. The Kier molecular flexibility index (Phi) is 4.57. The number of hydrogen-bond donors (Lipinski definition) is 2. The van der Waals surface area contributed by atoms with E-state index in [9.17, 15) is 14.7 Å². The molecule has 2 aliphatic carbocycles. The van der Waals surface area contributed by atoms with E-state index in [1.807, 2.05) is 19.2 Å². The highest BCUT2D eigenvalue weighted by Gasteiger charge is 2.72. The maximum absolute atomic E-state index is 12.4. The van der Waals surface area contributed by atoms with E-state index in [2.05, 4.69) is 4.90 Å². The Balaban J connectivity index is 1.55. The lowest BCUT2D eigenvalue weighted by Gasteiger charge is -2.61. The van der Waals surface area contributed by atoms with Crippen LogP contribution in [0.15, 0.2) is 24.0 Å². The van der Waals surface area contributed by atoms with Gasteiger partial charge in [-0.3, -0.25) is 9.59 Å². The summed E-state index contributed by atoms with van der Waals surface area (Å²) >= 11 is 0. The maximum atomic E-state index is 12.4. The van der Waals surface area contributed by atoms with Crippen molar-refractivity contribution in [3.8, 4) is 11.5 Å². The minimum Gasteiger partial charge on any atom is -0.493 e. The third-order valence-electron chi connectivity index (χ3n) is 7.56. The van der Waals surface area contributed by atoms with Gasteiger partial charge in [0.05, 0.1) is 18.1 Å². The van der Waals surface area contributed by atoms with Crippen molar-refractivity contribution >= 4 is 11.9 Å². The number of esters is 1. The Morgan fingerprint density at radius 2 is 2.13 bits per heavy atom. The molecule has 0 unspecified atom stereocenters. The van der Waals surface area contributed by atoms with Gasteiger partial charge in [-0.25, -0.2) is 0 Å². The first-order valence-corrected chi connectivity index (χ1v) is 10.7. The molecule has 0 aromatic heterocycles. The van der Waals surface area contributed by atoms with Gasteiger partial charge in [0, 0.05) is 30.9 Å². The standard InChI is InChI=1S/C23H27NO7/c1-24-11-10-22-19-13-6-7-14(29-2)20(19)31-21(22)15(8-9-23(22,28)16(24)12-13)30-18(27)5-3-4-17(25)26/h6-8,16,21,28H,3-5,9-12H2,1-2H3,(H,25,26)/t16-,21-,22-,23+/m0/s1. The molecule has 0 saturated carbocycles. The third kappa shape index (κ3) is 2.67. The highest BCUT2D eigenvalue weighted by atomic mass is 16.6. The first-order chi connectivity index (χ1) is 14.8. The zero-order chi connectivity index (χ0) is 22.0. The molecule has 2 N–H and O–H groups in total. The summed E-state index contributed by atoms with van der Waals surface area (Å²) in [4.78, 5) is 25.4. The Hall–Kier alpha value is -2.58. The van der Waals surface area contributed by atoms with Crippen LogP contribution < -0.4 is 9.47 Å². The van der Waals surface area contributed by atoms with Crippen LogP contribution in [-0.2, 0) is 26.2 Å². The van der Waals surface area contributed by atoms with Crippen molar-refractivity contribution in [3.63, 3.8) is 0 Å². The van der Waals surface area contributed by atoms with Gasteiger partial charge in [0.25, 0.3) is 0 Å². The van der Waals surface area contributed by atoms with E-state index in [0.29, 0.717) is 30.1 Å². The molecule has 0 amide bonds. The minimum absolute atomic E-state index is 0.0144. The molecular formula is C23H27NO7. The lowest BCUT2D eigenvalue weighted by molar-refractivity contribution is -0.169. The number of likely N-dealkylation sites (tertiary alicyclic amines) is 1. The number of aliphatic carboxylic acids is 1. The van der Waals surface area contributed by atoms with Gasteiger partial charge >= 0.3 is 11.9 Å². The van der Waals surface area contributed by atoms with Gasteiger partial charge < -0.3 is 29.3 Å². The number of rotatable bonds is 6. The molecular weight excluding hydrogens is 402 g/mol. The Morgan fingerprint density at radius 3 is 2.87 bits per heavy atom. The van der Waals surface area contributed by atoms with Crippen LogP contribution in [0.1, 0.15) is 43.2 Å². The van der Waals surface area contributed by atoms with Crippen molar-refractivity contribution < 1.29 is 34.0 Å². The minimum atomic E-state index is -1.05. The number of carbonyl (C=O) groups excluding carboxylic acids is 1. The SMILES string of the molecule is COc1ccc2c3c1O[C@H]1C(OC(=O)CCCC(=O)O)=CC[C@@]4(O)[C@H](C2)N(C)CC[C@]314. The summed E-state index contributed by atoms with van der Waals surface area (Å²) in [6.45, 7) is 0.794. The molecule has 8 heteroatoms. The van der Waals surface area contributed by atoms with Gasteiger partial charge in [0.15, 0.2) is 17.6 Å². The number of nitrogens with zero attached hydrogens (tertiary/aromatic N) is 1. The molecule has 1 fully saturated rings. The fourth-order valence-electron chi connectivity index (χ4n) is 6.15. The van der Waals surface area contributed by atoms with Crippen molar-refractivity contribution in [2.45, 2.75) is 61.7 Å². The number of carbonyl (C=O) groups is 2. The van der Waals surface area contributed by atoms with Gasteiger partial charge in [0.1, 0.15) is 5.76 Å². The largest absolute Gasteiger partial charge is 0.493 e. The summed E-state index contributed by atoms with van der Waals surface area (Å²) in [5.74, 6) is 0.207. The topological polar surface area (TPSA) is 106 Å². The number of aliphatic hydroxyl groups is 1. The van der Waals surface area contributed by atoms with Crippen molar-refractivity contribution in [2.75, 3.05) is 20.7 Å². The van der Waals surface area contributed by atoms with E-state index in [0.717, 1.165) is 24.1 Å². The van der Waals surface area contributed by atoms with Crippen LogP contribution in [0, 0.1) is 0 Å². The Morgan fingerprint density at radius 1 is 1.32 bits per heavy atom. The second-order valence-corrected chi connectivity index (χ2v) is 9.01. The summed E-state index contributed by atoms with van der Waals surface area (Å²) in [5, 5.41) is 20.9. The van der Waals surface area contributed by atoms with Crippen LogP contribution in [0.5, 0.6) is 11.5 Å². The highest BCUT2D eigenvalue weighted by molar-refractivity contribution is 5.73. The molecule has 5 rings (SSSR count). The molecule has 0 radical (unpaired) electrons. The molecule has 4 atom stereocenters. The normalized spacial score (nSPS) is 32.5. The summed E-state index contributed by atoms with van der Waals surface area (Å²) < 4.78 is 17.7. The third-order valence-corrected chi connectivity index (χ3v) is 7.56. The number of carboxylic acid groups (broad SMARTS) is 1. The van der Waals surface area contributed by atoms with Crippen LogP contribution in [0.4, 0.5) is 0 Å². The van der Waals surface area contributed by atoms with Crippen molar-refractivity contribution in [1.82, 2.24) is 4.90 Å². The Labute approximate surface area is 180 Å². The van der Waals surface area contributed by atoms with Crippen molar-refractivity contribution in [3.05, 3.63) is 35.1 Å². The zero-order valence-electron chi connectivity index (χ0n) is 17.7. The molecule has 4 aliphatic rings. The lowest BCUT2D eigenvalue weighted by Crippen LogP contribution is -2.74. The molecule has 8 nitrogen and oxygen atoms in total. The number of benzene rings is 1. The average Bonchev–Trinajstić information content (AvgIpc) is 3.08. The van der Waals surface area contributed by atoms with Crippen LogP contribution in [0.3, 0.4) is 0 Å². The van der Waals surface area contributed by atoms with E-state index in [1.165, 1.54) is 0 Å². The second kappa shape index (κ2) is 6.97. The van der Waals surface area contributed by atoms with Gasteiger partial charge in [-0.2, -0.15) is 0 Å². The van der Waals surface area contributed by atoms with Crippen LogP contribution in [0.2, 0.25) is 0 Å². The van der Waals surface area contributed by atoms with E-state index in [-0.39, 0.29) is 25.3 Å². The summed E-state index contributed by atoms with van der Waals surface area (Å²) in [7, 11) is 3.63. The molecule has 2 bridgehead atoms. The molecule has 1 spiro atoms. The van der Waals surface area contributed by atoms with Crippen molar-refractivity contribution in [1.29, 1.82) is 0 Å². The van der Waals surface area contributed by atoms with Crippen LogP contribution in [0.25, 0.3) is 0 Å².